The Labute approximate surface area is 169 Å². The fourth-order valence-electron chi connectivity index (χ4n) is 3.25. The Morgan fingerprint density at radius 1 is 1.17 bits per heavy atom. The van der Waals surface area contributed by atoms with Gasteiger partial charge >= 0.3 is 6.01 Å². The molecule has 0 spiro atoms. The van der Waals surface area contributed by atoms with Gasteiger partial charge in [-0.25, -0.2) is 13.2 Å². The molecule has 0 bridgehead atoms. The van der Waals surface area contributed by atoms with Gasteiger partial charge < -0.3 is 14.2 Å². The number of halogens is 3. The zero-order valence-electron chi connectivity index (χ0n) is 15.9. The van der Waals surface area contributed by atoms with E-state index in [1.165, 1.54) is 25.3 Å². The summed E-state index contributed by atoms with van der Waals surface area (Å²) >= 11 is 0. The maximum Gasteiger partial charge on any atom is 0.300 e. The quantitative estimate of drug-likeness (QED) is 0.575. The number of nitrogens with zero attached hydrogens (tertiary/aromatic N) is 2. The van der Waals surface area contributed by atoms with Crippen molar-refractivity contribution in [3.8, 4) is 22.9 Å². The summed E-state index contributed by atoms with van der Waals surface area (Å²) in [5, 5.41) is 0. The van der Waals surface area contributed by atoms with E-state index in [0.717, 1.165) is 6.07 Å². The lowest BCUT2D eigenvalue weighted by Gasteiger charge is -2.12. The SMILES string of the molecule is COCc1cc(=O)nc2n1C[C@@H](COc1ccc(-c3cc(F)cc(F)c3F)cc1)O2. The molecule has 1 atom stereocenters. The summed E-state index contributed by atoms with van der Waals surface area (Å²) in [5.41, 5.74) is 0.389. The molecule has 0 saturated heterocycles. The van der Waals surface area contributed by atoms with Crippen LogP contribution in [0.3, 0.4) is 0 Å². The first-order chi connectivity index (χ1) is 14.4. The van der Waals surface area contributed by atoms with Crippen molar-refractivity contribution in [1.29, 1.82) is 0 Å². The number of hydrogen-bond acceptors (Lipinski definition) is 5. The van der Waals surface area contributed by atoms with Gasteiger partial charge in [-0.15, -0.1) is 0 Å². The van der Waals surface area contributed by atoms with Crippen molar-refractivity contribution in [1.82, 2.24) is 9.55 Å². The third kappa shape index (κ3) is 4.02. The average Bonchev–Trinajstić information content (AvgIpc) is 3.13. The zero-order chi connectivity index (χ0) is 21.3. The van der Waals surface area contributed by atoms with Crippen molar-refractivity contribution in [2.75, 3.05) is 13.7 Å². The van der Waals surface area contributed by atoms with Gasteiger partial charge in [-0.3, -0.25) is 9.36 Å². The maximum absolute atomic E-state index is 13.9. The van der Waals surface area contributed by atoms with E-state index in [1.54, 1.807) is 16.7 Å². The molecule has 0 fully saturated rings. The van der Waals surface area contributed by atoms with Crippen molar-refractivity contribution in [2.24, 2.45) is 0 Å². The molecule has 0 radical (unpaired) electrons. The number of benzene rings is 2. The van der Waals surface area contributed by atoms with Crippen molar-refractivity contribution in [3.05, 3.63) is 76.0 Å². The molecule has 0 amide bonds. The van der Waals surface area contributed by atoms with Gasteiger partial charge in [-0.1, -0.05) is 12.1 Å². The summed E-state index contributed by atoms with van der Waals surface area (Å²) in [4.78, 5) is 15.5. The second kappa shape index (κ2) is 8.19. The van der Waals surface area contributed by atoms with Crippen molar-refractivity contribution < 1.29 is 27.4 Å². The predicted molar refractivity (Wildman–Crippen MR) is 101 cm³/mol. The molecular weight excluding hydrogens is 401 g/mol. The number of ether oxygens (including phenoxy) is 3. The van der Waals surface area contributed by atoms with E-state index in [4.69, 9.17) is 14.2 Å². The lowest BCUT2D eigenvalue weighted by Crippen LogP contribution is -2.23. The fourth-order valence-corrected chi connectivity index (χ4v) is 3.25. The van der Waals surface area contributed by atoms with Crippen LogP contribution in [0.25, 0.3) is 11.1 Å². The van der Waals surface area contributed by atoms with Gasteiger partial charge in [-0.05, 0) is 23.8 Å². The van der Waals surface area contributed by atoms with Gasteiger partial charge in [0.25, 0.3) is 5.56 Å². The van der Waals surface area contributed by atoms with Crippen molar-refractivity contribution >= 4 is 0 Å². The minimum absolute atomic E-state index is 0.171. The molecule has 0 unspecified atom stereocenters. The summed E-state index contributed by atoms with van der Waals surface area (Å²) in [6.07, 6.45) is -0.371. The van der Waals surface area contributed by atoms with Gasteiger partial charge in [0.15, 0.2) is 17.7 Å². The standard InChI is InChI=1S/C21H17F3N2O4/c1-28-10-14-8-19(27)25-21-26(14)9-16(30-21)11-29-15-4-2-12(3-5-15)17-6-13(22)7-18(23)20(17)24/h2-8,16H,9-11H2,1H3/t16-/m0/s1. The predicted octanol–water partition coefficient (Wildman–Crippen LogP) is 3.31. The smallest absolute Gasteiger partial charge is 0.300 e. The molecule has 2 aromatic carbocycles. The van der Waals surface area contributed by atoms with Crippen molar-refractivity contribution in [3.63, 3.8) is 0 Å². The van der Waals surface area contributed by atoms with Crippen LogP contribution in [0.4, 0.5) is 13.2 Å². The number of methoxy groups -OCH3 is 1. The highest BCUT2D eigenvalue weighted by molar-refractivity contribution is 5.65. The zero-order valence-corrected chi connectivity index (χ0v) is 15.9. The fraction of sp³-hybridized carbons (Fsp3) is 0.238. The van der Waals surface area contributed by atoms with Crippen LogP contribution in [0.15, 0.2) is 47.3 Å². The van der Waals surface area contributed by atoms with Gasteiger partial charge in [-0.2, -0.15) is 4.98 Å². The Bertz CT molecular complexity index is 1130. The van der Waals surface area contributed by atoms with Crippen molar-refractivity contribution in [2.45, 2.75) is 19.3 Å². The van der Waals surface area contributed by atoms with E-state index in [2.05, 4.69) is 4.98 Å². The van der Waals surface area contributed by atoms with E-state index < -0.39 is 23.0 Å². The lowest BCUT2D eigenvalue weighted by molar-refractivity contribution is 0.143. The largest absolute Gasteiger partial charge is 0.490 e. The van der Waals surface area contributed by atoms with Gasteiger partial charge in [0, 0.05) is 24.8 Å². The number of rotatable bonds is 6. The van der Waals surface area contributed by atoms with E-state index >= 15 is 0 Å². The molecule has 3 aromatic rings. The Hall–Kier alpha value is -3.33. The second-order valence-corrected chi connectivity index (χ2v) is 6.74. The van der Waals surface area contributed by atoms with Crippen LogP contribution in [0.1, 0.15) is 5.69 Å². The molecule has 156 valence electrons. The van der Waals surface area contributed by atoms with Crippen LogP contribution in [-0.4, -0.2) is 29.4 Å². The Balaban J connectivity index is 1.43. The molecule has 4 rings (SSSR count). The molecule has 0 N–H and O–H groups in total. The first kappa shape index (κ1) is 20.0. The summed E-state index contributed by atoms with van der Waals surface area (Å²) in [6.45, 7) is 0.861. The molecule has 9 heteroatoms. The summed E-state index contributed by atoms with van der Waals surface area (Å²) in [7, 11) is 1.53. The minimum atomic E-state index is -1.25. The number of fused-ring (bicyclic) bond motifs is 1. The second-order valence-electron chi connectivity index (χ2n) is 6.74. The molecule has 2 heterocycles. The van der Waals surface area contributed by atoms with E-state index in [0.29, 0.717) is 29.6 Å². The molecule has 30 heavy (non-hydrogen) atoms. The molecule has 1 aliphatic heterocycles. The third-order valence-electron chi connectivity index (χ3n) is 4.62. The van der Waals surface area contributed by atoms with Gasteiger partial charge in [0.1, 0.15) is 18.2 Å². The molecule has 1 aromatic heterocycles. The van der Waals surface area contributed by atoms with Gasteiger partial charge in [0.05, 0.1) is 18.8 Å². The van der Waals surface area contributed by atoms with E-state index in [9.17, 15) is 18.0 Å². The molecule has 0 aliphatic carbocycles. The summed E-state index contributed by atoms with van der Waals surface area (Å²) in [6, 6.07) is 9.19. The number of aromatic nitrogens is 2. The van der Waals surface area contributed by atoms with Crippen LogP contribution in [0.5, 0.6) is 11.8 Å². The highest BCUT2D eigenvalue weighted by Gasteiger charge is 2.26. The van der Waals surface area contributed by atoms with Crippen LogP contribution < -0.4 is 15.0 Å². The van der Waals surface area contributed by atoms with Gasteiger partial charge in [0.2, 0.25) is 0 Å². The minimum Gasteiger partial charge on any atom is -0.490 e. The lowest BCUT2D eigenvalue weighted by atomic mass is 10.0. The van der Waals surface area contributed by atoms with Crippen LogP contribution in [0.2, 0.25) is 0 Å². The van der Waals surface area contributed by atoms with Crippen LogP contribution in [-0.2, 0) is 17.9 Å². The monoisotopic (exact) mass is 418 g/mol. The molecule has 1 aliphatic rings. The summed E-state index contributed by atoms with van der Waals surface area (Å²) < 4.78 is 59.0. The molecule has 6 nitrogen and oxygen atoms in total. The average molecular weight is 418 g/mol. The molecule has 0 saturated carbocycles. The Morgan fingerprint density at radius 2 is 1.93 bits per heavy atom. The first-order valence-corrected chi connectivity index (χ1v) is 9.08. The Morgan fingerprint density at radius 3 is 2.67 bits per heavy atom. The maximum atomic E-state index is 13.9. The third-order valence-corrected chi connectivity index (χ3v) is 4.62. The Kier molecular flexibility index (Phi) is 5.45. The van der Waals surface area contributed by atoms with E-state index in [-0.39, 0.29) is 30.9 Å². The molecular formula is C21H17F3N2O4. The first-order valence-electron chi connectivity index (χ1n) is 9.08. The highest BCUT2D eigenvalue weighted by atomic mass is 19.2. The van der Waals surface area contributed by atoms with Crippen LogP contribution >= 0.6 is 0 Å². The normalized spacial score (nSPS) is 15.0. The number of hydrogen-bond donors (Lipinski definition) is 0. The van der Waals surface area contributed by atoms with E-state index in [1.807, 2.05) is 0 Å². The van der Waals surface area contributed by atoms with Crippen LogP contribution in [0, 0.1) is 17.5 Å². The topological polar surface area (TPSA) is 62.6 Å². The highest BCUT2D eigenvalue weighted by Crippen LogP contribution is 2.28. The summed E-state index contributed by atoms with van der Waals surface area (Å²) in [5.74, 6) is -2.75.